The third-order valence-corrected chi connectivity index (χ3v) is 4.31. The van der Waals surface area contributed by atoms with Crippen LogP contribution in [0.3, 0.4) is 0 Å². The highest BCUT2D eigenvalue weighted by molar-refractivity contribution is 7.14. The number of thiazole rings is 1. The first-order valence-electron chi connectivity index (χ1n) is 7.32. The molecule has 0 aliphatic heterocycles. The van der Waals surface area contributed by atoms with Gasteiger partial charge in [-0.2, -0.15) is 0 Å². The maximum atomic E-state index is 5.57. The maximum absolute atomic E-state index is 5.57. The van der Waals surface area contributed by atoms with Gasteiger partial charge in [-0.15, -0.1) is 16.4 Å². The molecule has 1 N–H and O–H groups in total. The number of aryl methyl sites for hydroxylation is 2. The second kappa shape index (κ2) is 5.89. The van der Waals surface area contributed by atoms with Gasteiger partial charge in [-0.1, -0.05) is 0 Å². The van der Waals surface area contributed by atoms with Crippen LogP contribution in [0, 0.1) is 13.8 Å². The standard InChI is InChI=1S/C16H14N6OS/c1-10-7-14(11(2)23-10)15-8-24-16(19-15)18-12-3-5-13(6-4-12)22-9-17-20-21-22/h3-9H,1-2H3,(H,18,19). The van der Waals surface area contributed by atoms with E-state index in [0.717, 1.165) is 39.3 Å². The predicted octanol–water partition coefficient (Wildman–Crippen LogP) is 3.74. The molecule has 4 aromatic rings. The van der Waals surface area contributed by atoms with E-state index in [-0.39, 0.29) is 0 Å². The molecule has 0 amide bonds. The quantitative estimate of drug-likeness (QED) is 0.610. The fourth-order valence-electron chi connectivity index (χ4n) is 2.44. The van der Waals surface area contributed by atoms with Crippen molar-refractivity contribution in [2.45, 2.75) is 13.8 Å². The van der Waals surface area contributed by atoms with Gasteiger partial charge in [0.2, 0.25) is 0 Å². The molecule has 0 unspecified atom stereocenters. The predicted molar refractivity (Wildman–Crippen MR) is 91.7 cm³/mol. The Morgan fingerprint density at radius 1 is 1.17 bits per heavy atom. The van der Waals surface area contributed by atoms with Gasteiger partial charge in [0.05, 0.1) is 11.4 Å². The lowest BCUT2D eigenvalue weighted by Crippen LogP contribution is -1.95. The third kappa shape index (κ3) is 2.79. The topological polar surface area (TPSA) is 81.7 Å². The molecular formula is C16H14N6OS. The molecule has 0 saturated heterocycles. The summed E-state index contributed by atoms with van der Waals surface area (Å²) in [5, 5.41) is 17.3. The first-order valence-corrected chi connectivity index (χ1v) is 8.20. The number of anilines is 2. The van der Waals surface area contributed by atoms with E-state index in [1.54, 1.807) is 22.3 Å². The first-order chi connectivity index (χ1) is 11.7. The summed E-state index contributed by atoms with van der Waals surface area (Å²) in [5.41, 5.74) is 3.80. The van der Waals surface area contributed by atoms with E-state index in [9.17, 15) is 0 Å². The van der Waals surface area contributed by atoms with Crippen LogP contribution in [0.2, 0.25) is 0 Å². The van der Waals surface area contributed by atoms with Gasteiger partial charge in [0.1, 0.15) is 17.8 Å². The largest absolute Gasteiger partial charge is 0.466 e. The van der Waals surface area contributed by atoms with Crippen LogP contribution in [0.5, 0.6) is 0 Å². The highest BCUT2D eigenvalue weighted by Crippen LogP contribution is 2.30. The van der Waals surface area contributed by atoms with Crippen molar-refractivity contribution in [3.63, 3.8) is 0 Å². The van der Waals surface area contributed by atoms with Gasteiger partial charge in [0.15, 0.2) is 5.13 Å². The highest BCUT2D eigenvalue weighted by Gasteiger charge is 2.11. The number of rotatable bonds is 4. The number of hydrogen-bond donors (Lipinski definition) is 1. The summed E-state index contributed by atoms with van der Waals surface area (Å²) in [6.07, 6.45) is 1.56. The number of tetrazole rings is 1. The molecule has 0 fully saturated rings. The van der Waals surface area contributed by atoms with Gasteiger partial charge in [0.25, 0.3) is 0 Å². The van der Waals surface area contributed by atoms with Crippen LogP contribution in [0.4, 0.5) is 10.8 Å². The lowest BCUT2D eigenvalue weighted by Gasteiger charge is -2.04. The Hall–Kier alpha value is -3.00. The van der Waals surface area contributed by atoms with Crippen LogP contribution in [-0.4, -0.2) is 25.2 Å². The van der Waals surface area contributed by atoms with Gasteiger partial charge < -0.3 is 9.73 Å². The summed E-state index contributed by atoms with van der Waals surface area (Å²) in [6, 6.07) is 9.82. The number of nitrogens with zero attached hydrogens (tertiary/aromatic N) is 5. The Labute approximate surface area is 142 Å². The Morgan fingerprint density at radius 3 is 2.67 bits per heavy atom. The third-order valence-electron chi connectivity index (χ3n) is 3.55. The summed E-state index contributed by atoms with van der Waals surface area (Å²) in [5.74, 6) is 1.78. The molecule has 0 radical (unpaired) electrons. The fraction of sp³-hybridized carbons (Fsp3) is 0.125. The maximum Gasteiger partial charge on any atom is 0.187 e. The molecule has 0 atom stereocenters. The Balaban J connectivity index is 1.53. The number of aromatic nitrogens is 5. The molecule has 0 aliphatic rings. The van der Waals surface area contributed by atoms with Gasteiger partial charge >= 0.3 is 0 Å². The highest BCUT2D eigenvalue weighted by atomic mass is 32.1. The van der Waals surface area contributed by atoms with Crippen molar-refractivity contribution < 1.29 is 4.42 Å². The molecule has 3 heterocycles. The number of benzene rings is 1. The molecule has 0 saturated carbocycles. The molecule has 0 aliphatic carbocycles. The summed E-state index contributed by atoms with van der Waals surface area (Å²) in [7, 11) is 0. The normalized spacial score (nSPS) is 10.9. The van der Waals surface area contributed by atoms with Crippen molar-refractivity contribution in [1.29, 1.82) is 0 Å². The van der Waals surface area contributed by atoms with E-state index in [4.69, 9.17) is 4.42 Å². The SMILES string of the molecule is Cc1cc(-c2csc(Nc3ccc(-n4cnnn4)cc3)n2)c(C)o1. The zero-order valence-corrected chi connectivity index (χ0v) is 13.9. The van der Waals surface area contributed by atoms with E-state index in [2.05, 4.69) is 25.8 Å². The Kier molecular flexibility index (Phi) is 3.58. The molecule has 3 aromatic heterocycles. The lowest BCUT2D eigenvalue weighted by molar-refractivity contribution is 0.505. The zero-order chi connectivity index (χ0) is 16.5. The summed E-state index contributed by atoms with van der Waals surface area (Å²) < 4.78 is 7.18. The summed E-state index contributed by atoms with van der Waals surface area (Å²) in [6.45, 7) is 3.89. The van der Waals surface area contributed by atoms with Crippen molar-refractivity contribution in [3.05, 3.63) is 53.6 Å². The smallest absolute Gasteiger partial charge is 0.187 e. The first kappa shape index (κ1) is 14.6. The second-order valence-electron chi connectivity index (χ2n) is 5.29. The van der Waals surface area contributed by atoms with Gasteiger partial charge in [-0.05, 0) is 54.6 Å². The van der Waals surface area contributed by atoms with Crippen molar-refractivity contribution in [2.24, 2.45) is 0 Å². The van der Waals surface area contributed by atoms with Crippen LogP contribution in [-0.2, 0) is 0 Å². The molecule has 0 spiro atoms. The van der Waals surface area contributed by atoms with Crippen molar-refractivity contribution in [2.75, 3.05) is 5.32 Å². The minimum Gasteiger partial charge on any atom is -0.466 e. The van der Waals surface area contributed by atoms with E-state index < -0.39 is 0 Å². The Bertz CT molecular complexity index is 955. The summed E-state index contributed by atoms with van der Waals surface area (Å²) >= 11 is 1.56. The molecule has 1 aromatic carbocycles. The molecule has 8 heteroatoms. The van der Waals surface area contributed by atoms with E-state index in [0.29, 0.717) is 0 Å². The molecule has 24 heavy (non-hydrogen) atoms. The van der Waals surface area contributed by atoms with Crippen LogP contribution in [0.1, 0.15) is 11.5 Å². The lowest BCUT2D eigenvalue weighted by atomic mass is 10.2. The number of furan rings is 1. The van der Waals surface area contributed by atoms with Crippen molar-refractivity contribution >= 4 is 22.2 Å². The van der Waals surface area contributed by atoms with Crippen molar-refractivity contribution in [3.8, 4) is 16.9 Å². The average molecular weight is 338 g/mol. The molecule has 120 valence electrons. The van der Waals surface area contributed by atoms with E-state index in [1.807, 2.05) is 49.6 Å². The second-order valence-corrected chi connectivity index (χ2v) is 6.15. The minimum atomic E-state index is 0.832. The average Bonchev–Trinajstić information content (AvgIpc) is 3.30. The van der Waals surface area contributed by atoms with Gasteiger partial charge in [0, 0.05) is 16.6 Å². The van der Waals surface area contributed by atoms with Gasteiger partial charge in [-0.25, -0.2) is 9.67 Å². The van der Waals surface area contributed by atoms with Crippen molar-refractivity contribution in [1.82, 2.24) is 25.2 Å². The van der Waals surface area contributed by atoms with E-state index in [1.165, 1.54) is 0 Å². The number of nitrogens with one attached hydrogen (secondary N) is 1. The van der Waals surface area contributed by atoms with Crippen LogP contribution in [0.25, 0.3) is 16.9 Å². The van der Waals surface area contributed by atoms with Crippen LogP contribution >= 0.6 is 11.3 Å². The Morgan fingerprint density at radius 2 is 2.00 bits per heavy atom. The monoisotopic (exact) mass is 338 g/mol. The zero-order valence-electron chi connectivity index (χ0n) is 13.1. The fourth-order valence-corrected chi connectivity index (χ4v) is 3.17. The minimum absolute atomic E-state index is 0.832. The molecule has 7 nitrogen and oxygen atoms in total. The molecule has 0 bridgehead atoms. The summed E-state index contributed by atoms with van der Waals surface area (Å²) in [4.78, 5) is 4.63. The van der Waals surface area contributed by atoms with Crippen LogP contribution < -0.4 is 5.32 Å². The molecule has 4 rings (SSSR count). The van der Waals surface area contributed by atoms with E-state index >= 15 is 0 Å². The van der Waals surface area contributed by atoms with Crippen LogP contribution in [0.15, 0.2) is 46.5 Å². The number of hydrogen-bond acceptors (Lipinski definition) is 7. The molecular weight excluding hydrogens is 324 g/mol. The van der Waals surface area contributed by atoms with Gasteiger partial charge in [-0.3, -0.25) is 0 Å².